The number of nitrogens with zero attached hydrogens (tertiary/aromatic N) is 4. The second kappa shape index (κ2) is 7.48. The van der Waals surface area contributed by atoms with Gasteiger partial charge in [0.05, 0.1) is 23.2 Å². The maximum absolute atomic E-state index is 12.2. The molecule has 0 saturated carbocycles. The molecule has 3 rings (SSSR count). The average Bonchev–Trinajstić information content (AvgIpc) is 3.00. The van der Waals surface area contributed by atoms with Crippen LogP contribution in [0.15, 0.2) is 36.1 Å². The van der Waals surface area contributed by atoms with Crippen LogP contribution in [0, 0.1) is 13.8 Å². The molecule has 7 heteroatoms. The van der Waals surface area contributed by atoms with Crippen LogP contribution in [0.4, 0.5) is 0 Å². The van der Waals surface area contributed by atoms with E-state index in [1.165, 1.54) is 0 Å². The topological polar surface area (TPSA) is 80.7 Å². The standard InChI is InChI=1S/C18H19N5OS/c1-11(21-17(24)8-15-10-25-13(3)23-15)16-9-20-18(22-12(16)2)14-4-6-19-7-5-14/h4-7,9-11H,8H2,1-3H3,(H,21,24). The Morgan fingerprint density at radius 1 is 1.24 bits per heavy atom. The lowest BCUT2D eigenvalue weighted by Crippen LogP contribution is -2.29. The van der Waals surface area contributed by atoms with Gasteiger partial charge in [0.25, 0.3) is 0 Å². The molecule has 3 heterocycles. The summed E-state index contributed by atoms with van der Waals surface area (Å²) in [5.74, 6) is 0.593. The van der Waals surface area contributed by atoms with E-state index < -0.39 is 0 Å². The molecule has 0 aliphatic carbocycles. The van der Waals surface area contributed by atoms with E-state index in [9.17, 15) is 4.79 Å². The number of hydrogen-bond donors (Lipinski definition) is 1. The first-order valence-corrected chi connectivity index (χ1v) is 8.85. The zero-order valence-electron chi connectivity index (χ0n) is 14.4. The van der Waals surface area contributed by atoms with Crippen molar-refractivity contribution in [2.24, 2.45) is 0 Å². The van der Waals surface area contributed by atoms with Gasteiger partial charge in [-0.05, 0) is 32.9 Å². The Kier molecular flexibility index (Phi) is 5.14. The van der Waals surface area contributed by atoms with E-state index in [0.29, 0.717) is 5.82 Å². The minimum absolute atomic E-state index is 0.0598. The SMILES string of the molecule is Cc1nc(CC(=O)NC(C)c2cnc(-c3ccncc3)nc2C)cs1. The molecule has 0 fully saturated rings. The van der Waals surface area contributed by atoms with E-state index in [1.54, 1.807) is 29.9 Å². The summed E-state index contributed by atoms with van der Waals surface area (Å²) in [6, 6.07) is 3.57. The molecule has 25 heavy (non-hydrogen) atoms. The molecule has 0 aliphatic heterocycles. The van der Waals surface area contributed by atoms with Crippen LogP contribution in [0.5, 0.6) is 0 Å². The van der Waals surface area contributed by atoms with Crippen LogP contribution in [-0.4, -0.2) is 25.8 Å². The first-order chi connectivity index (χ1) is 12.0. The van der Waals surface area contributed by atoms with E-state index in [1.807, 2.05) is 38.3 Å². The lowest BCUT2D eigenvalue weighted by atomic mass is 10.1. The molecule has 1 N–H and O–H groups in total. The first kappa shape index (κ1) is 17.2. The molecule has 3 aromatic heterocycles. The summed E-state index contributed by atoms with van der Waals surface area (Å²) in [5, 5.41) is 5.87. The van der Waals surface area contributed by atoms with Gasteiger partial charge in [-0.15, -0.1) is 11.3 Å². The molecule has 3 aromatic rings. The zero-order chi connectivity index (χ0) is 17.8. The lowest BCUT2D eigenvalue weighted by molar-refractivity contribution is -0.121. The van der Waals surface area contributed by atoms with E-state index in [-0.39, 0.29) is 18.4 Å². The van der Waals surface area contributed by atoms with Crippen molar-refractivity contribution in [3.05, 3.63) is 58.1 Å². The average molecular weight is 353 g/mol. The van der Waals surface area contributed by atoms with Gasteiger partial charge in [0.2, 0.25) is 5.91 Å². The molecule has 0 spiro atoms. The number of nitrogens with one attached hydrogen (secondary N) is 1. The van der Waals surface area contributed by atoms with Gasteiger partial charge in [-0.1, -0.05) is 0 Å². The Balaban J connectivity index is 1.69. The van der Waals surface area contributed by atoms with Crippen molar-refractivity contribution < 1.29 is 4.79 Å². The van der Waals surface area contributed by atoms with Gasteiger partial charge >= 0.3 is 0 Å². The molecule has 0 bridgehead atoms. The van der Waals surface area contributed by atoms with Gasteiger partial charge in [0.1, 0.15) is 0 Å². The summed E-state index contributed by atoms with van der Waals surface area (Å²) in [6.07, 6.45) is 5.48. The highest BCUT2D eigenvalue weighted by Crippen LogP contribution is 2.19. The normalized spacial score (nSPS) is 12.0. The molecular weight excluding hydrogens is 334 g/mol. The zero-order valence-corrected chi connectivity index (χ0v) is 15.2. The van der Waals surface area contributed by atoms with E-state index in [0.717, 1.165) is 27.5 Å². The van der Waals surface area contributed by atoms with Crippen LogP contribution in [0.2, 0.25) is 0 Å². The summed E-state index contributed by atoms with van der Waals surface area (Å²) >= 11 is 1.55. The van der Waals surface area contributed by atoms with Crippen molar-refractivity contribution in [1.29, 1.82) is 0 Å². The molecular formula is C18H19N5OS. The number of pyridine rings is 1. The molecule has 1 unspecified atom stereocenters. The highest BCUT2D eigenvalue weighted by molar-refractivity contribution is 7.09. The molecule has 1 atom stereocenters. The predicted octanol–water partition coefficient (Wildman–Crippen LogP) is 3.03. The van der Waals surface area contributed by atoms with Crippen LogP contribution in [-0.2, 0) is 11.2 Å². The van der Waals surface area contributed by atoms with Gasteiger partial charge in [0.15, 0.2) is 5.82 Å². The number of carbonyl (C=O) groups excluding carboxylic acids is 1. The Morgan fingerprint density at radius 2 is 2.00 bits per heavy atom. The number of hydrogen-bond acceptors (Lipinski definition) is 6. The molecule has 0 saturated heterocycles. The van der Waals surface area contributed by atoms with Crippen LogP contribution in [0.25, 0.3) is 11.4 Å². The fourth-order valence-corrected chi connectivity index (χ4v) is 3.18. The number of carbonyl (C=O) groups is 1. The quantitative estimate of drug-likeness (QED) is 0.762. The minimum Gasteiger partial charge on any atom is -0.349 e. The first-order valence-electron chi connectivity index (χ1n) is 7.97. The van der Waals surface area contributed by atoms with Crippen molar-refractivity contribution >= 4 is 17.2 Å². The second-order valence-electron chi connectivity index (χ2n) is 5.79. The number of aryl methyl sites for hydroxylation is 2. The monoisotopic (exact) mass is 353 g/mol. The smallest absolute Gasteiger partial charge is 0.226 e. The molecule has 1 amide bonds. The number of aromatic nitrogens is 4. The minimum atomic E-state index is -0.168. The van der Waals surface area contributed by atoms with E-state index in [2.05, 4.69) is 25.3 Å². The maximum atomic E-state index is 12.2. The van der Waals surface area contributed by atoms with Crippen LogP contribution in [0.3, 0.4) is 0 Å². The van der Waals surface area contributed by atoms with Gasteiger partial charge < -0.3 is 5.32 Å². The summed E-state index contributed by atoms with van der Waals surface area (Å²) in [4.78, 5) is 29.5. The van der Waals surface area contributed by atoms with Gasteiger partial charge in [-0.2, -0.15) is 0 Å². The van der Waals surface area contributed by atoms with Gasteiger partial charge in [-0.25, -0.2) is 15.0 Å². The highest BCUT2D eigenvalue weighted by atomic mass is 32.1. The maximum Gasteiger partial charge on any atom is 0.226 e. The number of thiazole rings is 1. The van der Waals surface area contributed by atoms with Gasteiger partial charge in [-0.3, -0.25) is 9.78 Å². The Hall–Kier alpha value is -2.67. The Bertz CT molecular complexity index is 878. The third kappa shape index (κ3) is 4.24. The molecule has 0 aromatic carbocycles. The van der Waals surface area contributed by atoms with Crippen molar-refractivity contribution in [2.45, 2.75) is 33.2 Å². The fraction of sp³-hybridized carbons (Fsp3) is 0.278. The second-order valence-corrected chi connectivity index (χ2v) is 6.86. The van der Waals surface area contributed by atoms with Crippen LogP contribution in [0.1, 0.15) is 34.9 Å². The molecule has 0 aliphatic rings. The Labute approximate surface area is 150 Å². The third-order valence-corrected chi connectivity index (χ3v) is 4.63. The summed E-state index contributed by atoms with van der Waals surface area (Å²) < 4.78 is 0. The Morgan fingerprint density at radius 3 is 2.64 bits per heavy atom. The van der Waals surface area contributed by atoms with E-state index >= 15 is 0 Å². The van der Waals surface area contributed by atoms with Crippen molar-refractivity contribution in [1.82, 2.24) is 25.3 Å². The summed E-state index contributed by atoms with van der Waals surface area (Å²) in [6.45, 7) is 5.79. The third-order valence-electron chi connectivity index (χ3n) is 3.81. The van der Waals surface area contributed by atoms with Crippen LogP contribution < -0.4 is 5.32 Å². The van der Waals surface area contributed by atoms with Crippen molar-refractivity contribution in [3.63, 3.8) is 0 Å². The largest absolute Gasteiger partial charge is 0.349 e. The predicted molar refractivity (Wildman–Crippen MR) is 97.1 cm³/mol. The summed E-state index contributed by atoms with van der Waals surface area (Å²) in [5.41, 5.74) is 3.47. The summed E-state index contributed by atoms with van der Waals surface area (Å²) in [7, 11) is 0. The highest BCUT2D eigenvalue weighted by Gasteiger charge is 2.15. The van der Waals surface area contributed by atoms with Crippen molar-refractivity contribution in [2.75, 3.05) is 0 Å². The number of rotatable bonds is 5. The molecule has 6 nitrogen and oxygen atoms in total. The lowest BCUT2D eigenvalue weighted by Gasteiger charge is -2.16. The van der Waals surface area contributed by atoms with Crippen molar-refractivity contribution in [3.8, 4) is 11.4 Å². The molecule has 128 valence electrons. The molecule has 0 radical (unpaired) electrons. The van der Waals surface area contributed by atoms with Crippen LogP contribution >= 0.6 is 11.3 Å². The van der Waals surface area contributed by atoms with Gasteiger partial charge in [0, 0.05) is 40.8 Å². The number of amides is 1. The fourth-order valence-electron chi connectivity index (χ4n) is 2.57. The van der Waals surface area contributed by atoms with E-state index in [4.69, 9.17) is 0 Å².